The molecule has 0 spiro atoms. The number of nitrogens with zero attached hydrogens (tertiary/aromatic N) is 1. The van der Waals surface area contributed by atoms with Gasteiger partial charge in [0.1, 0.15) is 0 Å². The van der Waals surface area contributed by atoms with Crippen LogP contribution in [0.2, 0.25) is 5.02 Å². The summed E-state index contributed by atoms with van der Waals surface area (Å²) in [4.78, 5) is 28.7. The second-order valence-electron chi connectivity index (χ2n) is 5.98. The maximum Gasteiger partial charge on any atom is 0.407 e. The fraction of sp³-hybridized carbons (Fsp3) is 0.190. The van der Waals surface area contributed by atoms with Crippen LogP contribution in [-0.4, -0.2) is 36.7 Å². The number of rotatable bonds is 6. The van der Waals surface area contributed by atoms with Crippen molar-refractivity contribution in [2.45, 2.75) is 6.92 Å². The Balaban J connectivity index is 1.82. The lowest BCUT2D eigenvalue weighted by Crippen LogP contribution is -2.35. The molecule has 2 N–H and O–H groups in total. The molecular formula is C21H20ClN3O3. The summed E-state index contributed by atoms with van der Waals surface area (Å²) in [6.07, 6.45) is -0.504. The van der Waals surface area contributed by atoms with Crippen LogP contribution in [0.15, 0.2) is 54.6 Å². The van der Waals surface area contributed by atoms with Gasteiger partial charge in [-0.1, -0.05) is 41.9 Å². The van der Waals surface area contributed by atoms with E-state index in [1.807, 2.05) is 36.4 Å². The highest BCUT2D eigenvalue weighted by Gasteiger charge is 2.14. The standard InChI is InChI=1S/C21H20ClN3O3/c1-2-28-21(27)24-12-11-23-20(26)17-13-19(14-7-9-15(22)10-8-14)25-18-6-4-3-5-16(17)18/h3-10,13H,2,11-12H2,1H3,(H,23,26)(H,24,27). The summed E-state index contributed by atoms with van der Waals surface area (Å²) >= 11 is 5.97. The molecule has 0 saturated heterocycles. The smallest absolute Gasteiger partial charge is 0.407 e. The number of fused-ring (bicyclic) bond motifs is 1. The van der Waals surface area contributed by atoms with Gasteiger partial charge in [0.2, 0.25) is 0 Å². The van der Waals surface area contributed by atoms with Gasteiger partial charge in [-0.05, 0) is 31.2 Å². The summed E-state index contributed by atoms with van der Waals surface area (Å²) in [5.41, 5.74) is 2.80. The number of aromatic nitrogens is 1. The lowest BCUT2D eigenvalue weighted by atomic mass is 10.0. The van der Waals surface area contributed by atoms with Crippen molar-refractivity contribution in [2.75, 3.05) is 19.7 Å². The maximum atomic E-state index is 12.8. The minimum atomic E-state index is -0.504. The molecule has 0 unspecified atom stereocenters. The number of pyridine rings is 1. The Morgan fingerprint density at radius 1 is 1.04 bits per heavy atom. The van der Waals surface area contributed by atoms with E-state index >= 15 is 0 Å². The molecule has 28 heavy (non-hydrogen) atoms. The zero-order chi connectivity index (χ0) is 19.9. The van der Waals surface area contributed by atoms with Gasteiger partial charge in [0.15, 0.2) is 0 Å². The Hall–Kier alpha value is -3.12. The summed E-state index contributed by atoms with van der Waals surface area (Å²) in [6.45, 7) is 2.59. The minimum absolute atomic E-state index is 0.237. The Bertz CT molecular complexity index is 990. The zero-order valence-electron chi connectivity index (χ0n) is 15.4. The van der Waals surface area contributed by atoms with Crippen LogP contribution in [0.3, 0.4) is 0 Å². The number of halogens is 1. The zero-order valence-corrected chi connectivity index (χ0v) is 16.1. The fourth-order valence-electron chi connectivity index (χ4n) is 2.75. The number of nitrogens with one attached hydrogen (secondary N) is 2. The Morgan fingerprint density at radius 3 is 2.50 bits per heavy atom. The number of amides is 2. The van der Waals surface area contributed by atoms with Crippen LogP contribution >= 0.6 is 11.6 Å². The molecule has 1 aromatic heterocycles. The van der Waals surface area contributed by atoms with Crippen molar-refractivity contribution in [1.82, 2.24) is 15.6 Å². The SMILES string of the molecule is CCOC(=O)NCCNC(=O)c1cc(-c2ccc(Cl)cc2)nc2ccccc12. The molecule has 2 amide bonds. The van der Waals surface area contributed by atoms with Crippen LogP contribution in [0, 0.1) is 0 Å². The van der Waals surface area contributed by atoms with Crippen LogP contribution in [-0.2, 0) is 4.74 Å². The highest BCUT2D eigenvalue weighted by atomic mass is 35.5. The number of benzene rings is 2. The highest BCUT2D eigenvalue weighted by Crippen LogP contribution is 2.25. The van der Waals surface area contributed by atoms with E-state index in [1.54, 1.807) is 25.1 Å². The molecule has 0 bridgehead atoms. The molecule has 0 fully saturated rings. The molecule has 6 nitrogen and oxygen atoms in total. The molecular weight excluding hydrogens is 378 g/mol. The first-order valence-corrected chi connectivity index (χ1v) is 9.31. The molecule has 144 valence electrons. The number of carbonyl (C=O) groups excluding carboxylic acids is 2. The maximum absolute atomic E-state index is 12.8. The molecule has 3 rings (SSSR count). The van der Waals surface area contributed by atoms with Crippen LogP contribution in [0.25, 0.3) is 22.2 Å². The van der Waals surface area contributed by atoms with E-state index < -0.39 is 6.09 Å². The van der Waals surface area contributed by atoms with Crippen LogP contribution in [0.4, 0.5) is 4.79 Å². The largest absolute Gasteiger partial charge is 0.450 e. The van der Waals surface area contributed by atoms with Crippen molar-refractivity contribution in [3.8, 4) is 11.3 Å². The number of alkyl carbamates (subject to hydrolysis) is 1. The van der Waals surface area contributed by atoms with E-state index in [4.69, 9.17) is 16.3 Å². The highest BCUT2D eigenvalue weighted by molar-refractivity contribution is 6.30. The molecule has 0 saturated carbocycles. The van der Waals surface area contributed by atoms with Crippen molar-refractivity contribution in [2.24, 2.45) is 0 Å². The van der Waals surface area contributed by atoms with E-state index in [0.29, 0.717) is 22.9 Å². The van der Waals surface area contributed by atoms with Crippen molar-refractivity contribution >= 4 is 34.5 Å². The quantitative estimate of drug-likeness (QED) is 0.615. The van der Waals surface area contributed by atoms with Crippen molar-refractivity contribution < 1.29 is 14.3 Å². The van der Waals surface area contributed by atoms with E-state index in [2.05, 4.69) is 15.6 Å². The number of para-hydroxylation sites is 1. The summed E-state index contributed by atoms with van der Waals surface area (Å²) < 4.78 is 4.78. The predicted molar refractivity (Wildman–Crippen MR) is 110 cm³/mol. The first-order chi connectivity index (χ1) is 13.6. The van der Waals surface area contributed by atoms with Crippen molar-refractivity contribution in [3.05, 3.63) is 65.2 Å². The van der Waals surface area contributed by atoms with Gasteiger partial charge in [0, 0.05) is 29.1 Å². The summed E-state index contributed by atoms with van der Waals surface area (Å²) in [6, 6.07) is 16.5. The molecule has 3 aromatic rings. The van der Waals surface area contributed by atoms with Crippen LogP contribution < -0.4 is 10.6 Å². The van der Waals surface area contributed by atoms with Gasteiger partial charge in [-0.15, -0.1) is 0 Å². The molecule has 0 radical (unpaired) electrons. The van der Waals surface area contributed by atoms with Crippen LogP contribution in [0.1, 0.15) is 17.3 Å². The summed E-state index contributed by atoms with van der Waals surface area (Å²) in [5.74, 6) is -0.237. The van der Waals surface area contributed by atoms with Gasteiger partial charge >= 0.3 is 6.09 Å². The summed E-state index contributed by atoms with van der Waals surface area (Å²) in [5, 5.41) is 6.78. The third-order valence-electron chi connectivity index (χ3n) is 4.06. The molecule has 0 aliphatic carbocycles. The second-order valence-corrected chi connectivity index (χ2v) is 6.42. The van der Waals surface area contributed by atoms with Gasteiger partial charge in [-0.25, -0.2) is 9.78 Å². The fourth-order valence-corrected chi connectivity index (χ4v) is 2.88. The molecule has 0 aliphatic heterocycles. The predicted octanol–water partition coefficient (Wildman–Crippen LogP) is 4.03. The van der Waals surface area contributed by atoms with Gasteiger partial charge in [-0.2, -0.15) is 0 Å². The molecule has 2 aromatic carbocycles. The van der Waals surface area contributed by atoms with Crippen LogP contribution in [0.5, 0.6) is 0 Å². The Labute approximate surface area is 167 Å². The van der Waals surface area contributed by atoms with E-state index in [1.165, 1.54) is 0 Å². The lowest BCUT2D eigenvalue weighted by Gasteiger charge is -2.11. The number of hydrogen-bond donors (Lipinski definition) is 2. The van der Waals surface area contributed by atoms with Gasteiger partial charge in [0.05, 0.1) is 23.4 Å². The normalized spacial score (nSPS) is 10.5. The average molecular weight is 398 g/mol. The van der Waals surface area contributed by atoms with E-state index in [0.717, 1.165) is 16.5 Å². The monoisotopic (exact) mass is 397 g/mol. The molecule has 1 heterocycles. The van der Waals surface area contributed by atoms with Crippen molar-refractivity contribution in [3.63, 3.8) is 0 Å². The number of hydrogen-bond acceptors (Lipinski definition) is 4. The molecule has 0 atom stereocenters. The minimum Gasteiger partial charge on any atom is -0.450 e. The number of carbonyl (C=O) groups is 2. The average Bonchev–Trinajstić information content (AvgIpc) is 2.71. The summed E-state index contributed by atoms with van der Waals surface area (Å²) in [7, 11) is 0. The number of ether oxygens (including phenoxy) is 1. The lowest BCUT2D eigenvalue weighted by molar-refractivity contribution is 0.0954. The van der Waals surface area contributed by atoms with Gasteiger partial charge < -0.3 is 15.4 Å². The third kappa shape index (κ3) is 4.78. The molecule has 0 aliphatic rings. The third-order valence-corrected chi connectivity index (χ3v) is 4.31. The topological polar surface area (TPSA) is 80.3 Å². The van der Waals surface area contributed by atoms with Gasteiger partial charge in [0.25, 0.3) is 5.91 Å². The Morgan fingerprint density at radius 2 is 1.75 bits per heavy atom. The Kier molecular flexibility index (Phi) is 6.45. The molecule has 7 heteroatoms. The van der Waals surface area contributed by atoms with E-state index in [9.17, 15) is 9.59 Å². The second kappa shape index (κ2) is 9.19. The first kappa shape index (κ1) is 19.6. The van der Waals surface area contributed by atoms with Gasteiger partial charge in [-0.3, -0.25) is 4.79 Å². The van der Waals surface area contributed by atoms with E-state index in [-0.39, 0.29) is 19.0 Å². The van der Waals surface area contributed by atoms with Crippen molar-refractivity contribution in [1.29, 1.82) is 0 Å². The first-order valence-electron chi connectivity index (χ1n) is 8.93.